The second kappa shape index (κ2) is 15.3. The molecule has 0 radical (unpaired) electrons. The number of hydrogen-bond acceptors (Lipinski definition) is 5. The quantitative estimate of drug-likeness (QED) is 0.280. The summed E-state index contributed by atoms with van der Waals surface area (Å²) in [6.07, 6.45) is 2.56. The van der Waals surface area contributed by atoms with E-state index in [1.807, 2.05) is 44.2 Å². The topological polar surface area (TPSA) is 105 Å². The van der Waals surface area contributed by atoms with Gasteiger partial charge in [-0.15, -0.1) is 0 Å². The number of alkyl halides is 1. The summed E-state index contributed by atoms with van der Waals surface area (Å²) in [6, 6.07) is 7.63. The fraction of sp³-hybridized carbons (Fsp3) is 0.625. The van der Waals surface area contributed by atoms with Crippen LogP contribution in [0.25, 0.3) is 0 Å². The smallest absolute Gasteiger partial charge is 0.305 e. The summed E-state index contributed by atoms with van der Waals surface area (Å²) in [4.78, 5) is 36.3. The summed E-state index contributed by atoms with van der Waals surface area (Å²) in [5.41, 5.74) is 0.864. The van der Waals surface area contributed by atoms with Crippen molar-refractivity contribution in [2.24, 2.45) is 5.92 Å². The molecule has 0 spiro atoms. The average Bonchev–Trinajstić information content (AvgIpc) is 2.78. The van der Waals surface area contributed by atoms with E-state index in [0.717, 1.165) is 18.4 Å². The zero-order chi connectivity index (χ0) is 23.9. The molecule has 1 aromatic carbocycles. The first-order valence-electron chi connectivity index (χ1n) is 11.2. The van der Waals surface area contributed by atoms with Crippen LogP contribution in [0.2, 0.25) is 0 Å². The first-order chi connectivity index (χ1) is 15.3. The minimum atomic E-state index is -1.34. The van der Waals surface area contributed by atoms with Crippen molar-refractivity contribution in [3.63, 3.8) is 0 Å². The van der Waals surface area contributed by atoms with Crippen LogP contribution in [-0.4, -0.2) is 54.9 Å². The van der Waals surface area contributed by atoms with E-state index >= 15 is 0 Å². The predicted octanol–water partition coefficient (Wildman–Crippen LogP) is 2.70. The minimum Gasteiger partial charge on any atom is -0.469 e. The van der Waals surface area contributed by atoms with E-state index in [-0.39, 0.29) is 30.6 Å². The molecule has 3 atom stereocenters. The molecule has 2 unspecified atom stereocenters. The summed E-state index contributed by atoms with van der Waals surface area (Å²) in [5, 5.41) is 15.5. The maximum atomic E-state index is 13.2. The van der Waals surface area contributed by atoms with E-state index in [1.54, 1.807) is 0 Å². The molecule has 2 amide bonds. The first-order valence-corrected chi connectivity index (χ1v) is 11.2. The molecule has 1 aromatic rings. The van der Waals surface area contributed by atoms with Gasteiger partial charge in [-0.3, -0.25) is 14.4 Å². The zero-order valence-electron chi connectivity index (χ0n) is 19.3. The standard InChI is InChI=1S/C24H37FN2O5/c1-17(2)23(27-21(29)13-9-4-5-10-14-22(30)32-3)24(31)26-19(20(28)16-25)15-18-11-7-6-8-12-18/h6-8,11-12,17,19-20,23,28H,4-5,9-10,13-16H2,1-3H3,(H,26,31)(H,27,29)/t19?,20?,23-/m0/s1. The largest absolute Gasteiger partial charge is 0.469 e. The number of amides is 2. The fourth-order valence-corrected chi connectivity index (χ4v) is 3.32. The lowest BCUT2D eigenvalue weighted by molar-refractivity contribution is -0.140. The number of esters is 1. The lowest BCUT2D eigenvalue weighted by atomic mass is 9.99. The van der Waals surface area contributed by atoms with Crippen LogP contribution >= 0.6 is 0 Å². The summed E-state index contributed by atoms with van der Waals surface area (Å²) in [7, 11) is 1.36. The minimum absolute atomic E-state index is 0.182. The van der Waals surface area contributed by atoms with E-state index in [9.17, 15) is 23.9 Å². The molecule has 8 heteroatoms. The highest BCUT2D eigenvalue weighted by Gasteiger charge is 2.29. The number of aliphatic hydroxyl groups is 1. The van der Waals surface area contributed by atoms with Gasteiger partial charge in [-0.2, -0.15) is 0 Å². The summed E-state index contributed by atoms with van der Waals surface area (Å²) in [5.74, 6) is -1.10. The molecule has 0 aliphatic heterocycles. The van der Waals surface area contributed by atoms with E-state index in [4.69, 9.17) is 0 Å². The van der Waals surface area contributed by atoms with E-state index in [1.165, 1.54) is 7.11 Å². The predicted molar refractivity (Wildman–Crippen MR) is 121 cm³/mol. The number of halogens is 1. The Kier molecular flexibility index (Phi) is 13.2. The Balaban J connectivity index is 2.56. The van der Waals surface area contributed by atoms with Crippen molar-refractivity contribution in [1.29, 1.82) is 0 Å². The molecular formula is C24H37FN2O5. The van der Waals surface area contributed by atoms with Crippen LogP contribution in [0.3, 0.4) is 0 Å². The van der Waals surface area contributed by atoms with Crippen molar-refractivity contribution in [2.75, 3.05) is 13.8 Å². The highest BCUT2D eigenvalue weighted by Crippen LogP contribution is 2.11. The monoisotopic (exact) mass is 452 g/mol. The summed E-state index contributed by atoms with van der Waals surface area (Å²) in [6.45, 7) is 2.65. The highest BCUT2D eigenvalue weighted by molar-refractivity contribution is 5.88. The molecule has 32 heavy (non-hydrogen) atoms. The first kappa shape index (κ1) is 27.6. The van der Waals surface area contributed by atoms with Gasteiger partial charge in [0.05, 0.1) is 13.2 Å². The molecule has 7 nitrogen and oxygen atoms in total. The normalized spacial score (nSPS) is 13.8. The summed E-state index contributed by atoms with van der Waals surface area (Å²) < 4.78 is 17.7. The molecule has 0 aromatic heterocycles. The Labute approximate surface area is 190 Å². The van der Waals surface area contributed by atoms with Gasteiger partial charge < -0.3 is 20.5 Å². The van der Waals surface area contributed by atoms with Gasteiger partial charge in [0.2, 0.25) is 11.8 Å². The van der Waals surface area contributed by atoms with E-state index < -0.39 is 30.8 Å². The lowest BCUT2D eigenvalue weighted by Crippen LogP contribution is -2.55. The van der Waals surface area contributed by atoms with Crippen LogP contribution < -0.4 is 10.6 Å². The molecule has 0 fully saturated rings. The number of rotatable bonds is 15. The molecule has 0 bridgehead atoms. The molecule has 0 heterocycles. The van der Waals surface area contributed by atoms with Crippen LogP contribution in [0.5, 0.6) is 0 Å². The lowest BCUT2D eigenvalue weighted by Gasteiger charge is -2.27. The maximum absolute atomic E-state index is 13.2. The number of nitrogens with one attached hydrogen (secondary N) is 2. The SMILES string of the molecule is COC(=O)CCCCCCC(=O)N[C@H](C(=O)NC(Cc1ccccc1)C(O)CF)C(C)C. The number of ether oxygens (including phenoxy) is 1. The third-order valence-corrected chi connectivity index (χ3v) is 5.28. The Morgan fingerprint density at radius 2 is 1.62 bits per heavy atom. The van der Waals surface area contributed by atoms with Gasteiger partial charge in [0.1, 0.15) is 18.8 Å². The Hall–Kier alpha value is -2.48. The van der Waals surface area contributed by atoms with Crippen molar-refractivity contribution < 1.29 is 28.6 Å². The Morgan fingerprint density at radius 1 is 1.00 bits per heavy atom. The van der Waals surface area contributed by atoms with Crippen LogP contribution in [0.15, 0.2) is 30.3 Å². The molecule has 1 rings (SSSR count). The van der Waals surface area contributed by atoms with Crippen molar-refractivity contribution in [3.05, 3.63) is 35.9 Å². The van der Waals surface area contributed by atoms with Crippen LogP contribution in [-0.2, 0) is 25.5 Å². The van der Waals surface area contributed by atoms with E-state index in [2.05, 4.69) is 15.4 Å². The number of carbonyl (C=O) groups excluding carboxylic acids is 3. The van der Waals surface area contributed by atoms with Crippen molar-refractivity contribution in [2.45, 2.75) is 77.0 Å². The number of aliphatic hydroxyl groups excluding tert-OH is 1. The number of methoxy groups -OCH3 is 1. The van der Waals surface area contributed by atoms with E-state index in [0.29, 0.717) is 19.3 Å². The molecule has 0 saturated heterocycles. The molecule has 0 saturated carbocycles. The number of unbranched alkanes of at least 4 members (excludes halogenated alkanes) is 3. The third kappa shape index (κ3) is 10.7. The van der Waals surface area contributed by atoms with Gasteiger partial charge in [-0.25, -0.2) is 4.39 Å². The van der Waals surface area contributed by atoms with Crippen molar-refractivity contribution in [3.8, 4) is 0 Å². The van der Waals surface area contributed by atoms with Gasteiger partial charge in [-0.1, -0.05) is 57.0 Å². The summed E-state index contributed by atoms with van der Waals surface area (Å²) >= 11 is 0. The zero-order valence-corrected chi connectivity index (χ0v) is 19.3. The van der Waals surface area contributed by atoms with Gasteiger partial charge in [0, 0.05) is 12.8 Å². The molecule has 3 N–H and O–H groups in total. The molecule has 0 aliphatic carbocycles. The van der Waals surface area contributed by atoms with Gasteiger partial charge >= 0.3 is 5.97 Å². The third-order valence-electron chi connectivity index (χ3n) is 5.28. The fourth-order valence-electron chi connectivity index (χ4n) is 3.32. The number of benzene rings is 1. The van der Waals surface area contributed by atoms with Crippen LogP contribution in [0.4, 0.5) is 4.39 Å². The second-order valence-electron chi connectivity index (χ2n) is 8.31. The van der Waals surface area contributed by atoms with Gasteiger partial charge in [0.25, 0.3) is 0 Å². The highest BCUT2D eigenvalue weighted by atomic mass is 19.1. The Bertz CT molecular complexity index is 699. The number of carbonyl (C=O) groups is 3. The molecular weight excluding hydrogens is 415 g/mol. The van der Waals surface area contributed by atoms with Crippen LogP contribution in [0.1, 0.15) is 57.9 Å². The van der Waals surface area contributed by atoms with Crippen molar-refractivity contribution in [1.82, 2.24) is 10.6 Å². The van der Waals surface area contributed by atoms with Crippen molar-refractivity contribution >= 4 is 17.8 Å². The molecule has 180 valence electrons. The Morgan fingerprint density at radius 3 is 2.19 bits per heavy atom. The molecule has 0 aliphatic rings. The maximum Gasteiger partial charge on any atom is 0.305 e. The van der Waals surface area contributed by atoms with Gasteiger partial charge in [-0.05, 0) is 30.7 Å². The number of hydrogen-bond donors (Lipinski definition) is 3. The average molecular weight is 453 g/mol. The van der Waals surface area contributed by atoms with Crippen LogP contribution in [0, 0.1) is 5.92 Å². The van der Waals surface area contributed by atoms with Gasteiger partial charge in [0.15, 0.2) is 0 Å². The second-order valence-corrected chi connectivity index (χ2v) is 8.31.